The van der Waals surface area contributed by atoms with Gasteiger partial charge >= 0.3 is 0 Å². The average molecular weight is 476 g/mol. The molecule has 5 rings (SSSR count). The van der Waals surface area contributed by atoms with Gasteiger partial charge in [-0.05, 0) is 49.7 Å². The highest BCUT2D eigenvalue weighted by Gasteiger charge is 2.23. The van der Waals surface area contributed by atoms with Gasteiger partial charge in [0.1, 0.15) is 12.4 Å². The zero-order chi connectivity index (χ0) is 24.4. The van der Waals surface area contributed by atoms with Crippen molar-refractivity contribution in [1.82, 2.24) is 24.7 Å². The summed E-state index contributed by atoms with van der Waals surface area (Å²) < 4.78 is 5.99. The van der Waals surface area contributed by atoms with E-state index in [4.69, 9.17) is 9.84 Å². The van der Waals surface area contributed by atoms with E-state index in [0.29, 0.717) is 25.3 Å². The van der Waals surface area contributed by atoms with Crippen molar-refractivity contribution >= 4 is 16.9 Å². The fourth-order valence-corrected chi connectivity index (χ4v) is 4.84. The van der Waals surface area contributed by atoms with Crippen molar-refractivity contribution < 1.29 is 14.6 Å². The Morgan fingerprint density at radius 2 is 1.69 bits per heavy atom. The average Bonchev–Trinajstić information content (AvgIpc) is 3.07. The normalized spacial score (nSPS) is 17.2. The highest BCUT2D eigenvalue weighted by Crippen LogP contribution is 2.26. The molecular weight excluding hydrogens is 442 g/mol. The van der Waals surface area contributed by atoms with Gasteiger partial charge in [0.25, 0.3) is 5.91 Å². The van der Waals surface area contributed by atoms with E-state index in [1.54, 1.807) is 0 Å². The van der Waals surface area contributed by atoms with Crippen molar-refractivity contribution in [2.45, 2.75) is 26.9 Å². The number of aryl methyl sites for hydroxylation is 2. The fraction of sp³-hybridized carbons (Fsp3) is 0.444. The molecule has 1 fully saturated rings. The molecule has 8 nitrogen and oxygen atoms in total. The van der Waals surface area contributed by atoms with Crippen LogP contribution in [0.25, 0.3) is 11.0 Å². The van der Waals surface area contributed by atoms with Gasteiger partial charge in [-0.15, -0.1) is 0 Å². The minimum Gasteiger partial charge on any atom is -0.491 e. The number of aromatic nitrogens is 2. The summed E-state index contributed by atoms with van der Waals surface area (Å²) in [7, 11) is 0. The molecule has 184 valence electrons. The Hall–Kier alpha value is -3.07. The standard InChI is InChI=1S/C27H33N5O3/c1-19-20(2)29-25-16-22(4-5-24(25)28-19)27(34)32-12-14-35-26-6-3-21(15-23(26)18-32)17-31-9-7-30(8-10-31)11-13-33/h3-6,15-16,33H,7-14,17-18H2,1-2H3. The van der Waals surface area contributed by atoms with Crippen LogP contribution in [0.3, 0.4) is 0 Å². The summed E-state index contributed by atoms with van der Waals surface area (Å²) in [4.78, 5) is 29.2. The van der Waals surface area contributed by atoms with Gasteiger partial charge in [0, 0.05) is 56.9 Å². The third kappa shape index (κ3) is 5.29. The van der Waals surface area contributed by atoms with Crippen molar-refractivity contribution in [2.24, 2.45) is 0 Å². The van der Waals surface area contributed by atoms with E-state index in [1.165, 1.54) is 5.56 Å². The van der Waals surface area contributed by atoms with Crippen molar-refractivity contribution in [2.75, 3.05) is 52.5 Å². The molecule has 1 saturated heterocycles. The first-order chi connectivity index (χ1) is 17.0. The summed E-state index contributed by atoms with van der Waals surface area (Å²) in [5.41, 5.74) is 6.21. The maximum absolute atomic E-state index is 13.4. The number of aliphatic hydroxyl groups excluding tert-OH is 1. The number of amides is 1. The van der Waals surface area contributed by atoms with Crippen LogP contribution in [0.5, 0.6) is 5.75 Å². The Kier molecular flexibility index (Phi) is 6.95. The maximum atomic E-state index is 13.4. The molecule has 0 bridgehead atoms. The zero-order valence-electron chi connectivity index (χ0n) is 20.5. The third-order valence-corrected chi connectivity index (χ3v) is 7.00. The second-order valence-electron chi connectivity index (χ2n) is 9.46. The number of carbonyl (C=O) groups is 1. The molecule has 0 spiro atoms. The highest BCUT2D eigenvalue weighted by molar-refractivity contribution is 5.97. The van der Waals surface area contributed by atoms with Crippen LogP contribution >= 0.6 is 0 Å². The highest BCUT2D eigenvalue weighted by atomic mass is 16.5. The number of piperazine rings is 1. The monoisotopic (exact) mass is 475 g/mol. The molecule has 1 aromatic heterocycles. The molecule has 0 saturated carbocycles. The number of benzene rings is 2. The van der Waals surface area contributed by atoms with Gasteiger partial charge in [-0.2, -0.15) is 0 Å². The molecule has 2 aliphatic heterocycles. The minimum atomic E-state index is -0.0196. The summed E-state index contributed by atoms with van der Waals surface area (Å²) in [6, 6.07) is 11.9. The number of rotatable bonds is 5. The summed E-state index contributed by atoms with van der Waals surface area (Å²) in [6.07, 6.45) is 0. The molecule has 1 N–H and O–H groups in total. The first kappa shape index (κ1) is 23.7. The van der Waals surface area contributed by atoms with E-state index in [9.17, 15) is 4.79 Å². The minimum absolute atomic E-state index is 0.0196. The van der Waals surface area contributed by atoms with Crippen molar-refractivity contribution in [3.05, 3.63) is 64.5 Å². The second-order valence-corrected chi connectivity index (χ2v) is 9.46. The number of nitrogens with zero attached hydrogens (tertiary/aromatic N) is 5. The molecule has 2 aliphatic rings. The van der Waals surface area contributed by atoms with Crippen LogP contribution in [-0.2, 0) is 13.1 Å². The molecule has 1 amide bonds. The van der Waals surface area contributed by atoms with Gasteiger partial charge in [0.15, 0.2) is 0 Å². The smallest absolute Gasteiger partial charge is 0.254 e. The molecule has 0 radical (unpaired) electrons. The van der Waals surface area contributed by atoms with Crippen molar-refractivity contribution in [3.63, 3.8) is 0 Å². The largest absolute Gasteiger partial charge is 0.491 e. The summed E-state index contributed by atoms with van der Waals surface area (Å²) >= 11 is 0. The van der Waals surface area contributed by atoms with E-state index < -0.39 is 0 Å². The molecule has 3 heterocycles. The lowest BCUT2D eigenvalue weighted by molar-refractivity contribution is 0.0733. The second kappa shape index (κ2) is 10.3. The summed E-state index contributed by atoms with van der Waals surface area (Å²) in [6.45, 7) is 11.2. The lowest BCUT2D eigenvalue weighted by Crippen LogP contribution is -2.46. The predicted molar refractivity (Wildman–Crippen MR) is 134 cm³/mol. The molecular formula is C27H33N5O3. The van der Waals surface area contributed by atoms with Crippen LogP contribution in [-0.4, -0.2) is 88.2 Å². The number of carbonyl (C=O) groups excluding carboxylic acids is 1. The molecule has 0 atom stereocenters. The fourth-order valence-electron chi connectivity index (χ4n) is 4.84. The van der Waals surface area contributed by atoms with Crippen LogP contribution in [0.4, 0.5) is 0 Å². The molecule has 0 unspecified atom stereocenters. The molecule has 3 aromatic rings. The molecule has 35 heavy (non-hydrogen) atoms. The van der Waals surface area contributed by atoms with Crippen LogP contribution in [0.15, 0.2) is 36.4 Å². The lowest BCUT2D eigenvalue weighted by atomic mass is 10.1. The first-order valence-electron chi connectivity index (χ1n) is 12.3. The molecule has 0 aliphatic carbocycles. The van der Waals surface area contributed by atoms with Gasteiger partial charge in [0.05, 0.1) is 35.6 Å². The summed E-state index contributed by atoms with van der Waals surface area (Å²) in [5.74, 6) is 0.834. The Labute approximate surface area is 206 Å². The van der Waals surface area contributed by atoms with E-state index in [0.717, 1.165) is 73.0 Å². The van der Waals surface area contributed by atoms with Crippen molar-refractivity contribution in [1.29, 1.82) is 0 Å². The van der Waals surface area contributed by atoms with E-state index >= 15 is 0 Å². The Bertz CT molecular complexity index is 1220. The van der Waals surface area contributed by atoms with Crippen LogP contribution in [0.1, 0.15) is 32.9 Å². The van der Waals surface area contributed by atoms with Gasteiger partial charge in [0.2, 0.25) is 0 Å². The zero-order valence-corrected chi connectivity index (χ0v) is 20.5. The van der Waals surface area contributed by atoms with E-state index in [2.05, 4.69) is 31.9 Å². The Balaban J connectivity index is 1.30. The predicted octanol–water partition coefficient (Wildman–Crippen LogP) is 2.39. The van der Waals surface area contributed by atoms with E-state index in [1.807, 2.05) is 43.0 Å². The van der Waals surface area contributed by atoms with Crippen LogP contribution in [0.2, 0.25) is 0 Å². The molecule has 8 heteroatoms. The molecule has 2 aromatic carbocycles. The van der Waals surface area contributed by atoms with Crippen molar-refractivity contribution in [3.8, 4) is 5.75 Å². The van der Waals surface area contributed by atoms with Gasteiger partial charge in [-0.1, -0.05) is 6.07 Å². The third-order valence-electron chi connectivity index (χ3n) is 7.00. The number of fused-ring (bicyclic) bond motifs is 2. The van der Waals surface area contributed by atoms with E-state index in [-0.39, 0.29) is 12.5 Å². The quantitative estimate of drug-likeness (QED) is 0.607. The summed E-state index contributed by atoms with van der Waals surface area (Å²) in [5, 5.41) is 9.15. The number of hydrogen-bond acceptors (Lipinski definition) is 7. The van der Waals surface area contributed by atoms with Gasteiger partial charge in [-0.3, -0.25) is 14.6 Å². The number of hydrogen-bond donors (Lipinski definition) is 1. The SMILES string of the molecule is Cc1nc2ccc(C(=O)N3CCOc4ccc(CN5CCN(CCO)CC5)cc4C3)cc2nc1C. The number of β-amino-alcohol motifs (C(OH)–C–C–N with tert-alkyl or cyclic N) is 1. The Morgan fingerprint density at radius 3 is 2.46 bits per heavy atom. The van der Waals surface area contributed by atoms with Gasteiger partial charge in [-0.25, -0.2) is 9.97 Å². The topological polar surface area (TPSA) is 82.0 Å². The number of aliphatic hydroxyl groups is 1. The number of ether oxygens (including phenoxy) is 1. The maximum Gasteiger partial charge on any atom is 0.254 e. The van der Waals surface area contributed by atoms with Crippen LogP contribution in [0, 0.1) is 13.8 Å². The Morgan fingerprint density at radius 1 is 0.943 bits per heavy atom. The lowest BCUT2D eigenvalue weighted by Gasteiger charge is -2.34. The van der Waals surface area contributed by atoms with Crippen LogP contribution < -0.4 is 4.74 Å². The van der Waals surface area contributed by atoms with Gasteiger partial charge < -0.3 is 14.7 Å². The first-order valence-corrected chi connectivity index (χ1v) is 12.3.